The van der Waals surface area contributed by atoms with Gasteiger partial charge in [-0.1, -0.05) is 0 Å². The molecule has 96 valence electrons. The summed E-state index contributed by atoms with van der Waals surface area (Å²) in [6.07, 6.45) is 0. The van der Waals surface area contributed by atoms with E-state index in [1.54, 1.807) is 19.0 Å². The van der Waals surface area contributed by atoms with Crippen molar-refractivity contribution in [3.8, 4) is 0 Å². The number of hydroxylamine groups is 1. The quantitative estimate of drug-likeness (QED) is 0.753. The molecule has 1 amide bonds. The molecule has 16 heavy (non-hydrogen) atoms. The third-order valence-corrected chi connectivity index (χ3v) is 2.91. The zero-order valence-corrected chi connectivity index (χ0v) is 11.1. The molecular weight excluding hydrogens is 253 g/mol. The molecule has 0 spiro atoms. The first-order valence-corrected chi connectivity index (χ1v) is 4.96. The van der Waals surface area contributed by atoms with Gasteiger partial charge in [0, 0.05) is 33.1 Å². The zero-order valence-electron chi connectivity index (χ0n) is 9.51. The van der Waals surface area contributed by atoms with E-state index >= 15 is 0 Å². The van der Waals surface area contributed by atoms with Crippen LogP contribution in [0.2, 0.25) is 0 Å². The van der Waals surface area contributed by atoms with Crippen LogP contribution in [0.4, 0.5) is 0 Å². The lowest BCUT2D eigenvalue weighted by atomic mass is 10.1. The fourth-order valence-electron chi connectivity index (χ4n) is 1.99. The van der Waals surface area contributed by atoms with E-state index in [1.807, 2.05) is 0 Å². The zero-order chi connectivity index (χ0) is 10.1. The van der Waals surface area contributed by atoms with Crippen molar-refractivity contribution in [3.05, 3.63) is 0 Å². The number of nitrogens with one attached hydrogen (secondary N) is 1. The minimum absolute atomic E-state index is 0. The summed E-state index contributed by atoms with van der Waals surface area (Å²) in [6.45, 7) is 3.19. The van der Waals surface area contributed by atoms with Crippen LogP contribution in [-0.2, 0) is 9.63 Å². The number of nitrogens with zero attached hydrogens (tertiary/aromatic N) is 2. The van der Waals surface area contributed by atoms with Gasteiger partial charge in [0.15, 0.2) is 0 Å². The highest BCUT2D eigenvalue weighted by molar-refractivity contribution is 5.85. The number of likely N-dealkylation sites (tertiary alicyclic amines) is 1. The predicted molar refractivity (Wildman–Crippen MR) is 66.0 cm³/mol. The van der Waals surface area contributed by atoms with Crippen molar-refractivity contribution >= 4 is 30.7 Å². The standard InChI is InChI=1S/C9H17N3O2.2ClH/c1-11(2)9(13)5-12-3-7-6-14-10-8(7)4-12;;/h7-8,10H,3-6H2,1-2H3;2*1H/t7-,8-;;/m0../s1. The molecule has 0 aromatic heterocycles. The normalized spacial score (nSPS) is 27.9. The molecule has 0 aliphatic carbocycles. The lowest BCUT2D eigenvalue weighted by Gasteiger charge is -2.18. The van der Waals surface area contributed by atoms with Crippen molar-refractivity contribution in [2.75, 3.05) is 40.3 Å². The molecule has 1 N–H and O–H groups in total. The monoisotopic (exact) mass is 271 g/mol. The van der Waals surface area contributed by atoms with E-state index in [9.17, 15) is 4.79 Å². The number of likely N-dealkylation sites (N-methyl/N-ethyl adjacent to an activating group) is 1. The maximum atomic E-state index is 11.5. The fraction of sp³-hybridized carbons (Fsp3) is 0.889. The van der Waals surface area contributed by atoms with Crippen LogP contribution in [0.1, 0.15) is 0 Å². The summed E-state index contributed by atoms with van der Waals surface area (Å²) in [7, 11) is 3.58. The first-order chi connectivity index (χ1) is 6.66. The summed E-state index contributed by atoms with van der Waals surface area (Å²) in [6, 6.07) is 0.421. The van der Waals surface area contributed by atoms with Crippen LogP contribution in [0.25, 0.3) is 0 Å². The van der Waals surface area contributed by atoms with E-state index in [0.29, 0.717) is 18.5 Å². The van der Waals surface area contributed by atoms with Gasteiger partial charge in [-0.05, 0) is 0 Å². The molecule has 2 atom stereocenters. The molecule has 2 aliphatic heterocycles. The number of hydrogen-bond donors (Lipinski definition) is 1. The van der Waals surface area contributed by atoms with E-state index in [4.69, 9.17) is 4.84 Å². The Kier molecular flexibility index (Phi) is 6.58. The molecule has 0 aromatic carbocycles. The average Bonchev–Trinajstić information content (AvgIpc) is 2.63. The lowest BCUT2D eigenvalue weighted by molar-refractivity contribution is -0.129. The number of carbonyl (C=O) groups excluding carboxylic acids is 1. The molecule has 5 nitrogen and oxygen atoms in total. The third kappa shape index (κ3) is 3.46. The van der Waals surface area contributed by atoms with Crippen molar-refractivity contribution in [1.82, 2.24) is 15.3 Å². The van der Waals surface area contributed by atoms with Gasteiger partial charge in [0.05, 0.1) is 19.2 Å². The van der Waals surface area contributed by atoms with Crippen LogP contribution < -0.4 is 5.48 Å². The van der Waals surface area contributed by atoms with E-state index in [2.05, 4.69) is 10.4 Å². The van der Waals surface area contributed by atoms with Gasteiger partial charge in [0.2, 0.25) is 5.91 Å². The minimum Gasteiger partial charge on any atom is -0.348 e. The Morgan fingerprint density at radius 2 is 2.12 bits per heavy atom. The smallest absolute Gasteiger partial charge is 0.236 e. The summed E-state index contributed by atoms with van der Waals surface area (Å²) >= 11 is 0. The number of carbonyl (C=O) groups is 1. The van der Waals surface area contributed by atoms with Crippen molar-refractivity contribution in [2.45, 2.75) is 6.04 Å². The Morgan fingerprint density at radius 3 is 2.69 bits per heavy atom. The molecule has 0 saturated carbocycles. The largest absolute Gasteiger partial charge is 0.348 e. The van der Waals surface area contributed by atoms with Crippen LogP contribution in [0.5, 0.6) is 0 Å². The summed E-state index contributed by atoms with van der Waals surface area (Å²) in [5, 5.41) is 0. The van der Waals surface area contributed by atoms with E-state index in [0.717, 1.165) is 19.7 Å². The van der Waals surface area contributed by atoms with Gasteiger partial charge >= 0.3 is 0 Å². The van der Waals surface area contributed by atoms with Gasteiger partial charge < -0.3 is 9.74 Å². The molecule has 0 radical (unpaired) electrons. The Labute approximate surface area is 108 Å². The first kappa shape index (κ1) is 15.9. The molecule has 2 saturated heterocycles. The molecular formula is C9H19Cl2N3O2. The van der Waals surface area contributed by atoms with Crippen molar-refractivity contribution in [1.29, 1.82) is 0 Å². The maximum Gasteiger partial charge on any atom is 0.236 e. The Balaban J connectivity index is 0.00000112. The van der Waals surface area contributed by atoms with Gasteiger partial charge in [-0.25, -0.2) is 0 Å². The molecule has 0 bridgehead atoms. The van der Waals surface area contributed by atoms with Crippen molar-refractivity contribution < 1.29 is 9.63 Å². The first-order valence-electron chi connectivity index (χ1n) is 4.96. The fourth-order valence-corrected chi connectivity index (χ4v) is 1.99. The number of amides is 1. The van der Waals surface area contributed by atoms with E-state index in [-0.39, 0.29) is 30.7 Å². The topological polar surface area (TPSA) is 44.8 Å². The molecule has 2 rings (SSSR count). The van der Waals surface area contributed by atoms with E-state index in [1.165, 1.54) is 0 Å². The molecule has 7 heteroatoms. The highest BCUT2D eigenvalue weighted by atomic mass is 35.5. The van der Waals surface area contributed by atoms with Gasteiger partial charge in [0.25, 0.3) is 0 Å². The SMILES string of the molecule is CN(C)C(=O)CN1C[C@H]2CON[C@H]2C1.Cl.Cl. The van der Waals surface area contributed by atoms with Crippen molar-refractivity contribution in [3.63, 3.8) is 0 Å². The summed E-state index contributed by atoms with van der Waals surface area (Å²) in [5.74, 6) is 0.732. The Morgan fingerprint density at radius 1 is 1.44 bits per heavy atom. The predicted octanol–water partition coefficient (Wildman–Crippen LogP) is -0.247. The second-order valence-corrected chi connectivity index (χ2v) is 4.28. The molecule has 0 unspecified atom stereocenters. The highest BCUT2D eigenvalue weighted by Gasteiger charge is 2.37. The maximum absolute atomic E-state index is 11.5. The van der Waals surface area contributed by atoms with Crippen LogP contribution in [0, 0.1) is 5.92 Å². The number of rotatable bonds is 2. The summed E-state index contributed by atoms with van der Waals surface area (Å²) < 4.78 is 0. The lowest BCUT2D eigenvalue weighted by Crippen LogP contribution is -2.37. The molecule has 2 aliphatic rings. The average molecular weight is 272 g/mol. The highest BCUT2D eigenvalue weighted by Crippen LogP contribution is 2.21. The van der Waals surface area contributed by atoms with Crippen LogP contribution in [-0.4, -0.2) is 62.1 Å². The summed E-state index contributed by atoms with van der Waals surface area (Å²) in [4.78, 5) is 20.4. The second kappa shape index (κ2) is 6.61. The van der Waals surface area contributed by atoms with Gasteiger partial charge in [-0.15, -0.1) is 24.8 Å². The summed E-state index contributed by atoms with van der Waals surface area (Å²) in [5.41, 5.74) is 2.98. The van der Waals surface area contributed by atoms with Gasteiger partial charge in [0.1, 0.15) is 0 Å². The molecule has 0 aromatic rings. The van der Waals surface area contributed by atoms with Crippen molar-refractivity contribution in [2.24, 2.45) is 5.92 Å². The van der Waals surface area contributed by atoms with Gasteiger partial charge in [-0.2, -0.15) is 5.48 Å². The minimum atomic E-state index is 0. The van der Waals surface area contributed by atoms with Crippen LogP contribution in [0.3, 0.4) is 0 Å². The van der Waals surface area contributed by atoms with Crippen LogP contribution in [0.15, 0.2) is 0 Å². The van der Waals surface area contributed by atoms with E-state index < -0.39 is 0 Å². The van der Waals surface area contributed by atoms with Gasteiger partial charge in [-0.3, -0.25) is 9.69 Å². The van der Waals surface area contributed by atoms with Crippen LogP contribution >= 0.6 is 24.8 Å². The molecule has 2 heterocycles. The second-order valence-electron chi connectivity index (χ2n) is 4.28. The number of hydrogen-bond acceptors (Lipinski definition) is 4. The number of fused-ring (bicyclic) bond motifs is 1. The Bertz CT molecular complexity index is 229. The number of halogens is 2. The Hall–Kier alpha value is -0.0700. The molecule has 2 fully saturated rings. The third-order valence-electron chi connectivity index (χ3n) is 2.91.